The zero-order chi connectivity index (χ0) is 23.6. The van der Waals surface area contributed by atoms with Crippen LogP contribution in [0.5, 0.6) is 0 Å². The van der Waals surface area contributed by atoms with Gasteiger partial charge in [-0.15, -0.1) is 5.10 Å². The molecule has 33 heavy (non-hydrogen) atoms. The number of rotatable bonds is 7. The molecule has 0 saturated carbocycles. The Morgan fingerprint density at radius 2 is 1.79 bits per heavy atom. The highest BCUT2D eigenvalue weighted by Gasteiger charge is 2.27. The second kappa shape index (κ2) is 9.46. The van der Waals surface area contributed by atoms with Crippen molar-refractivity contribution in [3.8, 4) is 0 Å². The molecule has 10 nitrogen and oxygen atoms in total. The van der Waals surface area contributed by atoms with Gasteiger partial charge < -0.3 is 9.74 Å². The molecule has 0 spiro atoms. The summed E-state index contributed by atoms with van der Waals surface area (Å²) in [6.07, 6.45) is -0.801. The average molecular weight is 473 g/mol. The van der Waals surface area contributed by atoms with E-state index in [-0.39, 0.29) is 10.8 Å². The normalized spacial score (nSPS) is 16.3. The highest BCUT2D eigenvalue weighted by atomic mass is 32.2. The van der Waals surface area contributed by atoms with Gasteiger partial charge in [-0.2, -0.15) is 0 Å². The van der Waals surface area contributed by atoms with E-state index in [0.717, 1.165) is 28.8 Å². The average Bonchev–Trinajstić information content (AvgIpc) is 3.21. The molecule has 1 aromatic heterocycles. The first-order valence-corrected chi connectivity index (χ1v) is 12.2. The fourth-order valence-electron chi connectivity index (χ4n) is 3.75. The first-order chi connectivity index (χ1) is 15.8. The molecule has 2 heterocycles. The van der Waals surface area contributed by atoms with Gasteiger partial charge in [-0.3, -0.25) is 9.69 Å². The number of nitrogens with zero attached hydrogens (tertiary/aromatic N) is 6. The maximum absolute atomic E-state index is 13.0. The lowest BCUT2D eigenvalue weighted by Gasteiger charge is -2.35. The zero-order valence-corrected chi connectivity index (χ0v) is 19.8. The molecule has 1 saturated heterocycles. The predicted octanol–water partition coefficient (Wildman–Crippen LogP) is 0.843. The summed E-state index contributed by atoms with van der Waals surface area (Å²) in [7, 11) is -0.695. The Morgan fingerprint density at radius 3 is 2.45 bits per heavy atom. The number of hydrogen-bond acceptors (Lipinski definition) is 7. The smallest absolute Gasteiger partial charge is 0.266 e. The quantitative estimate of drug-likeness (QED) is 0.502. The third-order valence-electron chi connectivity index (χ3n) is 5.70. The topological polar surface area (TPSA) is 101 Å². The highest BCUT2D eigenvalue weighted by Crippen LogP contribution is 2.19. The van der Waals surface area contributed by atoms with E-state index in [1.807, 2.05) is 18.2 Å². The molecule has 3 aromatic rings. The third-order valence-corrected chi connectivity index (χ3v) is 7.52. The lowest BCUT2D eigenvalue weighted by atomic mass is 10.2. The van der Waals surface area contributed by atoms with Gasteiger partial charge >= 0.3 is 0 Å². The molecule has 176 valence electrons. The second-order valence-electron chi connectivity index (χ2n) is 8.23. The standard InChI is InChI=1S/C22H28N6O4S/c1-17(22(29)27-13-11-26(12-14-27)16-18-7-5-4-6-8-18)32-28-21-15-19(33(30,31)25(2)3)9-10-20(21)23-24-28/h4-10,15,17H,11-14,16H2,1-3H3/t17-/m0/s1. The molecule has 2 aromatic carbocycles. The van der Waals surface area contributed by atoms with Gasteiger partial charge in [-0.25, -0.2) is 12.7 Å². The molecule has 0 radical (unpaired) electrons. The first-order valence-electron chi connectivity index (χ1n) is 10.8. The van der Waals surface area contributed by atoms with Gasteiger partial charge in [0.05, 0.1) is 4.90 Å². The van der Waals surface area contributed by atoms with Gasteiger partial charge in [0.25, 0.3) is 5.91 Å². The lowest BCUT2D eigenvalue weighted by molar-refractivity contribution is -0.145. The van der Waals surface area contributed by atoms with Gasteiger partial charge in [0.2, 0.25) is 16.1 Å². The van der Waals surface area contributed by atoms with Crippen molar-refractivity contribution in [1.82, 2.24) is 29.3 Å². The van der Waals surface area contributed by atoms with Crippen molar-refractivity contribution in [1.29, 1.82) is 0 Å². The summed E-state index contributed by atoms with van der Waals surface area (Å²) < 4.78 is 26.0. The minimum absolute atomic E-state index is 0.0978. The van der Waals surface area contributed by atoms with Crippen molar-refractivity contribution in [2.75, 3.05) is 40.3 Å². The number of carbonyl (C=O) groups is 1. The molecule has 0 unspecified atom stereocenters. The molecule has 0 aliphatic carbocycles. The maximum Gasteiger partial charge on any atom is 0.266 e. The summed E-state index contributed by atoms with van der Waals surface area (Å²) >= 11 is 0. The van der Waals surface area contributed by atoms with E-state index in [0.29, 0.717) is 24.1 Å². The molecule has 0 bridgehead atoms. The van der Waals surface area contributed by atoms with Gasteiger partial charge in [-0.1, -0.05) is 35.2 Å². The molecular weight excluding hydrogens is 444 g/mol. The number of amides is 1. The van der Waals surface area contributed by atoms with E-state index in [4.69, 9.17) is 4.84 Å². The highest BCUT2D eigenvalue weighted by molar-refractivity contribution is 7.89. The molecule has 11 heteroatoms. The summed E-state index contributed by atoms with van der Waals surface area (Å²) in [5.41, 5.74) is 2.11. The second-order valence-corrected chi connectivity index (χ2v) is 10.4. The van der Waals surface area contributed by atoms with Gasteiger partial charge in [0.1, 0.15) is 11.0 Å². The Balaban J connectivity index is 1.40. The largest absolute Gasteiger partial charge is 0.382 e. The van der Waals surface area contributed by atoms with Crippen LogP contribution in [-0.4, -0.2) is 90.0 Å². The molecule has 1 aliphatic rings. The SMILES string of the molecule is C[C@H](On1nnc2ccc(S(=O)(=O)N(C)C)cc21)C(=O)N1CCN(Cc2ccccc2)CC1. The van der Waals surface area contributed by atoms with Crippen LogP contribution in [-0.2, 0) is 21.4 Å². The van der Waals surface area contributed by atoms with Crippen molar-refractivity contribution in [2.45, 2.75) is 24.5 Å². The van der Waals surface area contributed by atoms with Gasteiger partial charge in [0, 0.05) is 46.8 Å². The molecule has 0 N–H and O–H groups in total. The van der Waals surface area contributed by atoms with E-state index in [1.54, 1.807) is 17.9 Å². The summed E-state index contributed by atoms with van der Waals surface area (Å²) in [5.74, 6) is -0.143. The minimum Gasteiger partial charge on any atom is -0.382 e. The van der Waals surface area contributed by atoms with E-state index >= 15 is 0 Å². The molecule has 1 amide bonds. The molecule has 1 fully saturated rings. The summed E-state index contributed by atoms with van der Waals surface area (Å²) in [4.78, 5) is 24.1. The lowest BCUT2D eigenvalue weighted by Crippen LogP contribution is -2.52. The number of sulfonamides is 1. The van der Waals surface area contributed by atoms with Crippen LogP contribution < -0.4 is 4.84 Å². The molecule has 1 atom stereocenters. The van der Waals surface area contributed by atoms with Crippen LogP contribution in [0.4, 0.5) is 0 Å². The van der Waals surface area contributed by atoms with Gasteiger partial charge in [0.15, 0.2) is 0 Å². The number of benzene rings is 2. The van der Waals surface area contributed by atoms with Crippen molar-refractivity contribution in [3.05, 3.63) is 54.1 Å². The van der Waals surface area contributed by atoms with Gasteiger partial charge in [-0.05, 0) is 35.9 Å². The van der Waals surface area contributed by atoms with Crippen LogP contribution in [0.1, 0.15) is 12.5 Å². The number of carbonyl (C=O) groups excluding carboxylic acids is 1. The van der Waals surface area contributed by atoms with Crippen LogP contribution in [0, 0.1) is 0 Å². The van der Waals surface area contributed by atoms with E-state index in [9.17, 15) is 13.2 Å². The number of fused-ring (bicyclic) bond motifs is 1. The number of aromatic nitrogens is 3. The minimum atomic E-state index is -3.62. The van der Waals surface area contributed by atoms with Crippen molar-refractivity contribution in [3.63, 3.8) is 0 Å². The van der Waals surface area contributed by atoms with E-state index in [1.165, 1.54) is 31.8 Å². The van der Waals surface area contributed by atoms with Crippen molar-refractivity contribution in [2.24, 2.45) is 0 Å². The monoisotopic (exact) mass is 472 g/mol. The molecular formula is C22H28N6O4S. The van der Waals surface area contributed by atoms with E-state index < -0.39 is 16.1 Å². The zero-order valence-electron chi connectivity index (χ0n) is 19.0. The Labute approximate surface area is 193 Å². The number of hydrogen-bond donors (Lipinski definition) is 0. The van der Waals surface area contributed by atoms with Crippen LogP contribution >= 0.6 is 0 Å². The van der Waals surface area contributed by atoms with Crippen LogP contribution in [0.2, 0.25) is 0 Å². The van der Waals surface area contributed by atoms with Crippen molar-refractivity contribution < 1.29 is 18.0 Å². The maximum atomic E-state index is 13.0. The first kappa shape index (κ1) is 23.1. The third kappa shape index (κ3) is 5.00. The van der Waals surface area contributed by atoms with Crippen LogP contribution in [0.25, 0.3) is 11.0 Å². The Morgan fingerprint density at radius 1 is 1.09 bits per heavy atom. The van der Waals surface area contributed by atoms with E-state index in [2.05, 4.69) is 27.3 Å². The Hall–Kier alpha value is -3.02. The summed E-state index contributed by atoms with van der Waals surface area (Å²) in [5, 5.41) is 7.96. The van der Waals surface area contributed by atoms with Crippen LogP contribution in [0.15, 0.2) is 53.4 Å². The van der Waals surface area contributed by atoms with Crippen LogP contribution in [0.3, 0.4) is 0 Å². The summed E-state index contributed by atoms with van der Waals surface area (Å²) in [6, 6.07) is 14.8. The molecule has 1 aliphatic heterocycles. The Kier molecular flexibility index (Phi) is 6.63. The van der Waals surface area contributed by atoms with Crippen molar-refractivity contribution >= 4 is 27.0 Å². The predicted molar refractivity (Wildman–Crippen MR) is 123 cm³/mol. The fraction of sp³-hybridized carbons (Fsp3) is 0.409. The Bertz CT molecular complexity index is 1220. The fourth-order valence-corrected chi connectivity index (χ4v) is 4.67. The summed E-state index contributed by atoms with van der Waals surface area (Å²) in [6.45, 7) is 5.31. The molecule has 4 rings (SSSR count). The number of piperazine rings is 1.